The van der Waals surface area contributed by atoms with E-state index in [4.69, 9.17) is 0 Å². The van der Waals surface area contributed by atoms with Crippen molar-refractivity contribution in [1.29, 1.82) is 0 Å². The van der Waals surface area contributed by atoms with Gasteiger partial charge in [0.2, 0.25) is 0 Å². The summed E-state index contributed by atoms with van der Waals surface area (Å²) in [5.74, 6) is 1.82. The van der Waals surface area contributed by atoms with Crippen LogP contribution in [0.1, 0.15) is 52.9 Å². The Balaban J connectivity index is 2.37. The number of allylic oxidation sites excluding steroid dienone is 2. The van der Waals surface area contributed by atoms with Crippen molar-refractivity contribution < 1.29 is 0 Å². The molecule has 0 aromatic carbocycles. The second-order valence-corrected chi connectivity index (χ2v) is 4.31. The largest absolute Gasteiger partial charge is 0.0825 e. The number of hydrogen-bond donors (Lipinski definition) is 0. The van der Waals surface area contributed by atoms with Gasteiger partial charge in [0.15, 0.2) is 0 Å². The van der Waals surface area contributed by atoms with Crippen LogP contribution in [0.15, 0.2) is 11.6 Å². The van der Waals surface area contributed by atoms with Gasteiger partial charge in [-0.05, 0) is 38.0 Å². The molecule has 1 rings (SSSR count). The summed E-state index contributed by atoms with van der Waals surface area (Å²) in [5.41, 5.74) is 1.61. The number of rotatable bonds is 3. The highest BCUT2D eigenvalue weighted by atomic mass is 14.2. The van der Waals surface area contributed by atoms with Gasteiger partial charge in [-0.3, -0.25) is 0 Å². The van der Waals surface area contributed by atoms with Gasteiger partial charge in [-0.1, -0.05) is 38.3 Å². The van der Waals surface area contributed by atoms with Crippen LogP contribution >= 0.6 is 0 Å². The lowest BCUT2D eigenvalue weighted by atomic mass is 9.79. The van der Waals surface area contributed by atoms with Crippen molar-refractivity contribution in [1.82, 2.24) is 0 Å². The second-order valence-electron chi connectivity index (χ2n) is 4.31. The summed E-state index contributed by atoms with van der Waals surface area (Å²) < 4.78 is 0. The van der Waals surface area contributed by atoms with Gasteiger partial charge in [0.25, 0.3) is 0 Å². The Kier molecular flexibility index (Phi) is 3.84. The molecule has 70 valence electrons. The minimum absolute atomic E-state index is 0.838. The Morgan fingerprint density at radius 3 is 2.83 bits per heavy atom. The average molecular weight is 166 g/mol. The minimum Gasteiger partial charge on any atom is -0.0825 e. The number of hydrogen-bond acceptors (Lipinski definition) is 0. The molecule has 0 heterocycles. The molecule has 0 fully saturated rings. The maximum atomic E-state index is 2.48. The quantitative estimate of drug-likeness (QED) is 0.552. The van der Waals surface area contributed by atoms with E-state index >= 15 is 0 Å². The van der Waals surface area contributed by atoms with Crippen LogP contribution in [0.4, 0.5) is 0 Å². The highest BCUT2D eigenvalue weighted by molar-refractivity contribution is 5.05. The summed E-state index contributed by atoms with van der Waals surface area (Å²) in [6.45, 7) is 6.93. The predicted octanol–water partition coefficient (Wildman–Crippen LogP) is 4.17. The van der Waals surface area contributed by atoms with Gasteiger partial charge in [0.1, 0.15) is 0 Å². The highest BCUT2D eigenvalue weighted by Gasteiger charge is 2.18. The smallest absolute Gasteiger partial charge is 0.0231 e. The van der Waals surface area contributed by atoms with E-state index in [0.717, 1.165) is 11.8 Å². The number of unbranched alkanes of at least 4 members (excludes halogenated alkanes) is 1. The minimum atomic E-state index is 0.838. The third-order valence-corrected chi connectivity index (χ3v) is 3.13. The molecule has 0 heteroatoms. The van der Waals surface area contributed by atoms with Crippen molar-refractivity contribution in [3.8, 4) is 0 Å². The third-order valence-electron chi connectivity index (χ3n) is 3.13. The Morgan fingerprint density at radius 2 is 2.25 bits per heavy atom. The summed E-state index contributed by atoms with van der Waals surface area (Å²) in [6.07, 6.45) is 9.47. The molecule has 0 aromatic rings. The molecule has 0 spiro atoms. The molecule has 1 aliphatic rings. The van der Waals surface area contributed by atoms with Crippen LogP contribution in [0.3, 0.4) is 0 Å². The van der Waals surface area contributed by atoms with Crippen LogP contribution < -0.4 is 0 Å². The molecule has 2 unspecified atom stereocenters. The van der Waals surface area contributed by atoms with Crippen molar-refractivity contribution >= 4 is 0 Å². The van der Waals surface area contributed by atoms with Crippen molar-refractivity contribution in [2.45, 2.75) is 52.9 Å². The average Bonchev–Trinajstić information content (AvgIpc) is 2.03. The Hall–Kier alpha value is -0.260. The first-order chi connectivity index (χ1) is 5.74. The summed E-state index contributed by atoms with van der Waals surface area (Å²) in [6, 6.07) is 0. The van der Waals surface area contributed by atoms with Crippen LogP contribution in [0.5, 0.6) is 0 Å². The highest BCUT2D eigenvalue weighted by Crippen LogP contribution is 2.31. The molecule has 0 radical (unpaired) electrons. The van der Waals surface area contributed by atoms with Crippen LogP contribution in [0, 0.1) is 11.8 Å². The van der Waals surface area contributed by atoms with Crippen molar-refractivity contribution in [3.05, 3.63) is 11.6 Å². The maximum absolute atomic E-state index is 2.48. The van der Waals surface area contributed by atoms with E-state index in [0.29, 0.717) is 0 Å². The first kappa shape index (κ1) is 9.83. The van der Waals surface area contributed by atoms with Crippen LogP contribution in [-0.2, 0) is 0 Å². The van der Waals surface area contributed by atoms with Gasteiger partial charge in [-0.15, -0.1) is 0 Å². The molecule has 0 aliphatic heterocycles. The Morgan fingerprint density at radius 1 is 1.50 bits per heavy atom. The fraction of sp³-hybridized carbons (Fsp3) is 0.833. The molecule has 2 atom stereocenters. The van der Waals surface area contributed by atoms with Gasteiger partial charge in [0, 0.05) is 0 Å². The molecular formula is C12H22. The second kappa shape index (κ2) is 4.69. The van der Waals surface area contributed by atoms with Gasteiger partial charge in [-0.2, -0.15) is 0 Å². The first-order valence-corrected chi connectivity index (χ1v) is 5.41. The van der Waals surface area contributed by atoms with E-state index in [1.807, 2.05) is 0 Å². The topological polar surface area (TPSA) is 0 Å². The molecule has 0 aromatic heterocycles. The fourth-order valence-corrected chi connectivity index (χ4v) is 2.22. The molecule has 0 amide bonds. The normalized spacial score (nSPS) is 30.1. The van der Waals surface area contributed by atoms with E-state index in [-0.39, 0.29) is 0 Å². The molecule has 0 bridgehead atoms. The molecular weight excluding hydrogens is 144 g/mol. The zero-order valence-electron chi connectivity index (χ0n) is 8.77. The van der Waals surface area contributed by atoms with Gasteiger partial charge in [-0.25, -0.2) is 0 Å². The maximum Gasteiger partial charge on any atom is -0.0231 e. The lowest BCUT2D eigenvalue weighted by Gasteiger charge is -2.26. The third kappa shape index (κ3) is 2.66. The lowest BCUT2D eigenvalue weighted by molar-refractivity contribution is 0.338. The summed E-state index contributed by atoms with van der Waals surface area (Å²) >= 11 is 0. The monoisotopic (exact) mass is 166 g/mol. The molecule has 12 heavy (non-hydrogen) atoms. The van der Waals surface area contributed by atoms with Crippen molar-refractivity contribution in [2.24, 2.45) is 11.8 Å². The lowest BCUT2D eigenvalue weighted by Crippen LogP contribution is -2.14. The zero-order valence-corrected chi connectivity index (χ0v) is 8.77. The van der Waals surface area contributed by atoms with E-state index < -0.39 is 0 Å². The van der Waals surface area contributed by atoms with Crippen LogP contribution in [-0.4, -0.2) is 0 Å². The summed E-state index contributed by atoms with van der Waals surface area (Å²) in [7, 11) is 0. The molecule has 0 nitrogen and oxygen atoms in total. The Bertz CT molecular complexity index is 155. The summed E-state index contributed by atoms with van der Waals surface area (Å²) in [5, 5.41) is 0. The van der Waals surface area contributed by atoms with Gasteiger partial charge in [0.05, 0.1) is 0 Å². The molecule has 1 aliphatic carbocycles. The molecule has 0 saturated heterocycles. The van der Waals surface area contributed by atoms with E-state index in [1.54, 1.807) is 5.57 Å². The zero-order chi connectivity index (χ0) is 8.97. The van der Waals surface area contributed by atoms with Crippen LogP contribution in [0.2, 0.25) is 0 Å². The van der Waals surface area contributed by atoms with Gasteiger partial charge >= 0.3 is 0 Å². The molecule has 0 saturated carbocycles. The Labute approximate surface area is 77.1 Å². The van der Waals surface area contributed by atoms with Gasteiger partial charge < -0.3 is 0 Å². The summed E-state index contributed by atoms with van der Waals surface area (Å²) in [4.78, 5) is 0. The SMILES string of the molecule is CCCCC1CCC(C)=CC1C. The van der Waals surface area contributed by atoms with E-state index in [1.165, 1.54) is 32.1 Å². The van der Waals surface area contributed by atoms with E-state index in [2.05, 4.69) is 26.8 Å². The van der Waals surface area contributed by atoms with Crippen LogP contribution in [0.25, 0.3) is 0 Å². The standard InChI is InChI=1S/C12H22/c1-4-5-6-12-8-7-10(2)9-11(12)3/h9,11-12H,4-8H2,1-3H3. The van der Waals surface area contributed by atoms with Crippen molar-refractivity contribution in [3.63, 3.8) is 0 Å². The molecule has 0 N–H and O–H groups in total. The van der Waals surface area contributed by atoms with Crippen molar-refractivity contribution in [2.75, 3.05) is 0 Å². The fourth-order valence-electron chi connectivity index (χ4n) is 2.22. The predicted molar refractivity (Wildman–Crippen MR) is 55.2 cm³/mol. The first-order valence-electron chi connectivity index (χ1n) is 5.41. The van der Waals surface area contributed by atoms with E-state index in [9.17, 15) is 0 Å².